The van der Waals surface area contributed by atoms with E-state index in [2.05, 4.69) is 28.3 Å². The first-order valence-corrected chi connectivity index (χ1v) is 8.20. The number of hydrogen-bond donors (Lipinski definition) is 1. The highest BCUT2D eigenvalue weighted by Crippen LogP contribution is 2.38. The number of piperidine rings is 1. The van der Waals surface area contributed by atoms with Gasteiger partial charge in [0.2, 0.25) is 11.8 Å². The summed E-state index contributed by atoms with van der Waals surface area (Å²) < 4.78 is 5.38. The van der Waals surface area contributed by atoms with Gasteiger partial charge >= 0.3 is 0 Å². The summed E-state index contributed by atoms with van der Waals surface area (Å²) in [4.78, 5) is 18.2. The van der Waals surface area contributed by atoms with Crippen molar-refractivity contribution in [2.45, 2.75) is 38.8 Å². The molecule has 1 saturated carbocycles. The van der Waals surface area contributed by atoms with Crippen molar-refractivity contribution in [2.24, 2.45) is 11.8 Å². The second-order valence-corrected chi connectivity index (χ2v) is 6.51. The minimum Gasteiger partial charge on any atom is -0.478 e. The van der Waals surface area contributed by atoms with Gasteiger partial charge in [0.15, 0.2) is 0 Å². The first-order chi connectivity index (χ1) is 10.7. The Morgan fingerprint density at radius 3 is 2.91 bits per heavy atom. The van der Waals surface area contributed by atoms with Crippen LogP contribution >= 0.6 is 0 Å². The first kappa shape index (κ1) is 15.3. The fraction of sp³-hybridized carbons (Fsp3) is 0.647. The standard InChI is InChI=1S/C17H25N3O2/c1-3-22-17-5-4-12(9-19-17)11-20(2)15-6-13-8-16(21)18-10-14(13)7-15/h4-5,9,13-15H,3,6-8,10-11H2,1-2H3,(H,18,21)/t13-,14+,15-/m1/s1. The lowest BCUT2D eigenvalue weighted by Crippen LogP contribution is -2.38. The Labute approximate surface area is 132 Å². The van der Waals surface area contributed by atoms with Gasteiger partial charge in [0.05, 0.1) is 6.61 Å². The van der Waals surface area contributed by atoms with E-state index >= 15 is 0 Å². The van der Waals surface area contributed by atoms with Crippen molar-refractivity contribution in [3.8, 4) is 5.88 Å². The van der Waals surface area contributed by atoms with Gasteiger partial charge in [-0.25, -0.2) is 4.98 Å². The number of aromatic nitrogens is 1. The minimum atomic E-state index is 0.222. The number of nitrogens with zero attached hydrogens (tertiary/aromatic N) is 2. The van der Waals surface area contributed by atoms with Crippen LogP contribution in [0.4, 0.5) is 0 Å². The van der Waals surface area contributed by atoms with E-state index in [1.807, 2.05) is 19.2 Å². The van der Waals surface area contributed by atoms with E-state index < -0.39 is 0 Å². The Morgan fingerprint density at radius 1 is 1.36 bits per heavy atom. The second-order valence-electron chi connectivity index (χ2n) is 6.51. The number of carbonyl (C=O) groups excluding carboxylic acids is 1. The van der Waals surface area contributed by atoms with Gasteiger partial charge in [-0.05, 0) is 44.2 Å². The zero-order valence-electron chi connectivity index (χ0n) is 13.4. The molecule has 0 radical (unpaired) electrons. The number of pyridine rings is 1. The Bertz CT molecular complexity index is 517. The molecule has 2 aliphatic rings. The fourth-order valence-corrected chi connectivity index (χ4v) is 3.75. The van der Waals surface area contributed by atoms with Crippen molar-refractivity contribution >= 4 is 5.91 Å². The summed E-state index contributed by atoms with van der Waals surface area (Å²) in [5.41, 5.74) is 1.20. The molecule has 1 N–H and O–H groups in total. The SMILES string of the molecule is CCOc1ccc(CN(C)[C@H]2C[C@H]3CNC(=O)C[C@H]3C2)cn1. The molecule has 5 nitrogen and oxygen atoms in total. The van der Waals surface area contributed by atoms with Crippen LogP contribution in [0.25, 0.3) is 0 Å². The van der Waals surface area contributed by atoms with E-state index in [1.54, 1.807) is 0 Å². The van der Waals surface area contributed by atoms with Crippen molar-refractivity contribution < 1.29 is 9.53 Å². The molecule has 2 heterocycles. The topological polar surface area (TPSA) is 54.5 Å². The second kappa shape index (κ2) is 6.65. The number of rotatable bonds is 5. The minimum absolute atomic E-state index is 0.222. The van der Waals surface area contributed by atoms with E-state index in [-0.39, 0.29) is 5.91 Å². The van der Waals surface area contributed by atoms with Crippen LogP contribution in [-0.4, -0.2) is 42.0 Å². The molecule has 1 aliphatic heterocycles. The maximum absolute atomic E-state index is 11.5. The van der Waals surface area contributed by atoms with Crippen molar-refractivity contribution in [1.29, 1.82) is 0 Å². The lowest BCUT2D eigenvalue weighted by atomic mass is 9.89. The quantitative estimate of drug-likeness (QED) is 0.901. The predicted octanol–water partition coefficient (Wildman–Crippen LogP) is 1.83. The highest BCUT2D eigenvalue weighted by Gasteiger charge is 2.39. The van der Waals surface area contributed by atoms with Crippen LogP contribution in [0.5, 0.6) is 5.88 Å². The van der Waals surface area contributed by atoms with Gasteiger partial charge in [-0.1, -0.05) is 6.07 Å². The maximum Gasteiger partial charge on any atom is 0.220 e. The van der Waals surface area contributed by atoms with Crippen LogP contribution in [0.2, 0.25) is 0 Å². The normalized spacial score (nSPS) is 27.6. The van der Waals surface area contributed by atoms with Crippen LogP contribution < -0.4 is 10.1 Å². The third-order valence-electron chi connectivity index (χ3n) is 4.97. The average Bonchev–Trinajstić information content (AvgIpc) is 2.92. The van der Waals surface area contributed by atoms with Crippen molar-refractivity contribution in [2.75, 3.05) is 20.2 Å². The average molecular weight is 303 g/mol. The van der Waals surface area contributed by atoms with Crippen LogP contribution in [0.15, 0.2) is 18.3 Å². The molecule has 1 saturated heterocycles. The van der Waals surface area contributed by atoms with Gasteiger partial charge < -0.3 is 10.1 Å². The molecule has 0 aromatic carbocycles. The molecular weight excluding hydrogens is 278 g/mol. The number of hydrogen-bond acceptors (Lipinski definition) is 4. The molecule has 2 fully saturated rings. The molecule has 120 valence electrons. The summed E-state index contributed by atoms with van der Waals surface area (Å²) in [7, 11) is 2.17. The van der Waals surface area contributed by atoms with E-state index in [0.717, 1.165) is 19.5 Å². The summed E-state index contributed by atoms with van der Waals surface area (Å²) in [5.74, 6) is 2.13. The molecule has 0 spiro atoms. The summed E-state index contributed by atoms with van der Waals surface area (Å²) >= 11 is 0. The molecule has 1 aromatic rings. The molecular formula is C17H25N3O2. The van der Waals surface area contributed by atoms with Gasteiger partial charge in [0.25, 0.3) is 0 Å². The Balaban J connectivity index is 1.56. The molecule has 0 bridgehead atoms. The van der Waals surface area contributed by atoms with E-state index in [9.17, 15) is 4.79 Å². The third-order valence-corrected chi connectivity index (χ3v) is 4.97. The predicted molar refractivity (Wildman–Crippen MR) is 84.5 cm³/mol. The monoisotopic (exact) mass is 303 g/mol. The lowest BCUT2D eigenvalue weighted by molar-refractivity contribution is -0.124. The van der Waals surface area contributed by atoms with Gasteiger partial charge in [-0.15, -0.1) is 0 Å². The van der Waals surface area contributed by atoms with Crippen molar-refractivity contribution in [3.63, 3.8) is 0 Å². The number of carbonyl (C=O) groups is 1. The smallest absolute Gasteiger partial charge is 0.220 e. The molecule has 1 aliphatic carbocycles. The summed E-state index contributed by atoms with van der Waals surface area (Å²) in [5, 5.41) is 3.00. The fourth-order valence-electron chi connectivity index (χ4n) is 3.75. The molecule has 3 rings (SSSR count). The Hall–Kier alpha value is -1.62. The summed E-state index contributed by atoms with van der Waals surface area (Å²) in [6.45, 7) is 4.36. The zero-order valence-corrected chi connectivity index (χ0v) is 13.4. The number of fused-ring (bicyclic) bond motifs is 1. The molecule has 0 unspecified atom stereocenters. The van der Waals surface area contributed by atoms with Crippen LogP contribution in [0, 0.1) is 11.8 Å². The van der Waals surface area contributed by atoms with E-state index in [0.29, 0.717) is 36.8 Å². The van der Waals surface area contributed by atoms with Gasteiger partial charge in [0.1, 0.15) is 0 Å². The number of nitrogens with one attached hydrogen (secondary N) is 1. The first-order valence-electron chi connectivity index (χ1n) is 8.20. The lowest BCUT2D eigenvalue weighted by Gasteiger charge is -2.24. The molecule has 1 aromatic heterocycles. The van der Waals surface area contributed by atoms with Gasteiger partial charge in [0, 0.05) is 37.8 Å². The molecule has 22 heavy (non-hydrogen) atoms. The summed E-state index contributed by atoms with van der Waals surface area (Å²) in [6, 6.07) is 4.58. The summed E-state index contributed by atoms with van der Waals surface area (Å²) in [6.07, 6.45) is 4.93. The highest BCUT2D eigenvalue weighted by molar-refractivity contribution is 5.77. The number of amides is 1. The van der Waals surface area contributed by atoms with Crippen LogP contribution in [0.1, 0.15) is 31.7 Å². The Kier molecular flexibility index (Phi) is 4.62. The zero-order chi connectivity index (χ0) is 15.5. The van der Waals surface area contributed by atoms with E-state index in [1.165, 1.54) is 12.0 Å². The van der Waals surface area contributed by atoms with Crippen LogP contribution in [-0.2, 0) is 11.3 Å². The van der Waals surface area contributed by atoms with Crippen molar-refractivity contribution in [3.05, 3.63) is 23.9 Å². The Morgan fingerprint density at radius 2 is 2.18 bits per heavy atom. The molecule has 1 amide bonds. The highest BCUT2D eigenvalue weighted by atomic mass is 16.5. The van der Waals surface area contributed by atoms with E-state index in [4.69, 9.17) is 4.74 Å². The van der Waals surface area contributed by atoms with Gasteiger partial charge in [-0.2, -0.15) is 0 Å². The van der Waals surface area contributed by atoms with Gasteiger partial charge in [-0.3, -0.25) is 9.69 Å². The largest absolute Gasteiger partial charge is 0.478 e. The van der Waals surface area contributed by atoms with Crippen LogP contribution in [0.3, 0.4) is 0 Å². The third kappa shape index (κ3) is 3.40. The van der Waals surface area contributed by atoms with Crippen molar-refractivity contribution in [1.82, 2.24) is 15.2 Å². The molecule has 3 atom stereocenters. The molecule has 5 heteroatoms. The maximum atomic E-state index is 11.5. The number of ether oxygens (including phenoxy) is 1.